The molecule has 3 rings (SSSR count). The standard InChI is InChI=1S/C22H27NO5/c1-13(2)27-11-12-28-22(26)19-14(3)23-17-5-4-6-18(25)21(17)20(19)15-7-9-16(24)10-8-15/h7-10,13,20,23-24H,4-6,11-12H2,1-3H3/t20-/m1/s1. The van der Waals surface area contributed by atoms with Gasteiger partial charge in [0.25, 0.3) is 0 Å². The number of allylic oxidation sites excluding steroid dienone is 3. The third kappa shape index (κ3) is 4.28. The first kappa shape index (κ1) is 20.1. The second-order valence-corrected chi connectivity index (χ2v) is 7.41. The van der Waals surface area contributed by atoms with Crippen LogP contribution in [0.25, 0.3) is 0 Å². The van der Waals surface area contributed by atoms with Crippen molar-refractivity contribution in [3.8, 4) is 5.75 Å². The lowest BCUT2D eigenvalue weighted by molar-refractivity contribution is -0.141. The number of dihydropyridines is 1. The Morgan fingerprint density at radius 2 is 1.93 bits per heavy atom. The number of carbonyl (C=O) groups is 2. The van der Waals surface area contributed by atoms with E-state index in [0.717, 1.165) is 24.1 Å². The van der Waals surface area contributed by atoms with E-state index in [1.54, 1.807) is 24.3 Å². The Labute approximate surface area is 165 Å². The second kappa shape index (κ2) is 8.61. The van der Waals surface area contributed by atoms with Gasteiger partial charge in [-0.05, 0) is 51.3 Å². The number of carbonyl (C=O) groups excluding carboxylic acids is 2. The molecular formula is C22H27NO5. The van der Waals surface area contributed by atoms with E-state index in [1.165, 1.54) is 0 Å². The van der Waals surface area contributed by atoms with Crippen LogP contribution >= 0.6 is 0 Å². The molecule has 1 atom stereocenters. The van der Waals surface area contributed by atoms with Gasteiger partial charge in [-0.25, -0.2) is 4.79 Å². The molecule has 1 aromatic rings. The van der Waals surface area contributed by atoms with E-state index in [1.807, 2.05) is 20.8 Å². The quantitative estimate of drug-likeness (QED) is 0.577. The first-order chi connectivity index (χ1) is 13.4. The molecule has 6 heteroatoms. The zero-order chi connectivity index (χ0) is 20.3. The fourth-order valence-corrected chi connectivity index (χ4v) is 3.75. The van der Waals surface area contributed by atoms with E-state index >= 15 is 0 Å². The van der Waals surface area contributed by atoms with Gasteiger partial charge in [-0.1, -0.05) is 12.1 Å². The van der Waals surface area contributed by atoms with E-state index in [4.69, 9.17) is 9.47 Å². The van der Waals surface area contributed by atoms with Crippen LogP contribution in [0.2, 0.25) is 0 Å². The molecule has 0 aromatic heterocycles. The summed E-state index contributed by atoms with van der Waals surface area (Å²) < 4.78 is 10.9. The smallest absolute Gasteiger partial charge is 0.336 e. The first-order valence-electron chi connectivity index (χ1n) is 9.70. The van der Waals surface area contributed by atoms with Crippen molar-refractivity contribution in [1.82, 2.24) is 5.32 Å². The van der Waals surface area contributed by atoms with Gasteiger partial charge in [-0.15, -0.1) is 0 Å². The van der Waals surface area contributed by atoms with Crippen molar-refractivity contribution in [2.75, 3.05) is 13.2 Å². The van der Waals surface area contributed by atoms with Crippen molar-refractivity contribution in [1.29, 1.82) is 0 Å². The van der Waals surface area contributed by atoms with Gasteiger partial charge in [0.2, 0.25) is 0 Å². The summed E-state index contributed by atoms with van der Waals surface area (Å²) in [5.41, 5.74) is 3.43. The lowest BCUT2D eigenvalue weighted by Crippen LogP contribution is -2.34. The second-order valence-electron chi connectivity index (χ2n) is 7.41. The highest BCUT2D eigenvalue weighted by atomic mass is 16.6. The summed E-state index contributed by atoms with van der Waals surface area (Å²) in [7, 11) is 0. The minimum atomic E-state index is -0.497. The third-order valence-electron chi connectivity index (χ3n) is 4.99. The van der Waals surface area contributed by atoms with E-state index < -0.39 is 11.9 Å². The number of nitrogens with one attached hydrogen (secondary N) is 1. The minimum absolute atomic E-state index is 0.0489. The Bertz CT molecular complexity index is 820. The van der Waals surface area contributed by atoms with Crippen molar-refractivity contribution in [2.24, 2.45) is 0 Å². The summed E-state index contributed by atoms with van der Waals surface area (Å²) in [6.07, 6.45) is 2.11. The number of ether oxygens (including phenoxy) is 2. The Morgan fingerprint density at radius 1 is 1.21 bits per heavy atom. The van der Waals surface area contributed by atoms with Crippen molar-refractivity contribution < 1.29 is 24.2 Å². The normalized spacial score (nSPS) is 19.6. The molecule has 150 valence electrons. The van der Waals surface area contributed by atoms with Gasteiger partial charge in [0.1, 0.15) is 12.4 Å². The monoisotopic (exact) mass is 385 g/mol. The summed E-state index contributed by atoms with van der Waals surface area (Å²) in [6.45, 7) is 6.14. The Balaban J connectivity index is 1.93. The molecule has 0 amide bonds. The maximum Gasteiger partial charge on any atom is 0.336 e. The van der Waals surface area contributed by atoms with Crippen molar-refractivity contribution in [2.45, 2.75) is 52.1 Å². The van der Waals surface area contributed by atoms with Gasteiger partial charge in [-0.3, -0.25) is 4.79 Å². The highest BCUT2D eigenvalue weighted by molar-refractivity contribution is 6.03. The molecule has 0 spiro atoms. The third-order valence-corrected chi connectivity index (χ3v) is 4.99. The van der Waals surface area contributed by atoms with Crippen molar-refractivity contribution in [3.05, 3.63) is 52.4 Å². The number of rotatable bonds is 6. The van der Waals surface area contributed by atoms with Crippen LogP contribution in [0.5, 0.6) is 5.75 Å². The summed E-state index contributed by atoms with van der Waals surface area (Å²) in [4.78, 5) is 25.7. The molecular weight excluding hydrogens is 358 g/mol. The summed E-state index contributed by atoms with van der Waals surface area (Å²) in [5.74, 6) is -0.770. The van der Waals surface area contributed by atoms with Crippen LogP contribution < -0.4 is 5.32 Å². The van der Waals surface area contributed by atoms with Crippen LogP contribution in [0, 0.1) is 0 Å². The molecule has 1 aromatic carbocycles. The molecule has 0 saturated heterocycles. The van der Waals surface area contributed by atoms with E-state index in [-0.39, 0.29) is 24.2 Å². The predicted octanol–water partition coefficient (Wildman–Crippen LogP) is 3.33. The minimum Gasteiger partial charge on any atom is -0.508 e. The highest BCUT2D eigenvalue weighted by Crippen LogP contribution is 2.42. The van der Waals surface area contributed by atoms with Crippen LogP contribution in [-0.2, 0) is 19.1 Å². The molecule has 1 aliphatic carbocycles. The van der Waals surface area contributed by atoms with Gasteiger partial charge >= 0.3 is 5.97 Å². The van der Waals surface area contributed by atoms with Crippen LogP contribution in [0.1, 0.15) is 51.5 Å². The number of aromatic hydroxyl groups is 1. The van der Waals surface area contributed by atoms with E-state index in [0.29, 0.717) is 29.9 Å². The SMILES string of the molecule is CC1=C(C(=O)OCCOC(C)C)[C@@H](c2ccc(O)cc2)C2=C(CCCC2=O)N1. The lowest BCUT2D eigenvalue weighted by Gasteiger charge is -2.34. The Morgan fingerprint density at radius 3 is 2.61 bits per heavy atom. The molecule has 1 aliphatic heterocycles. The van der Waals surface area contributed by atoms with Crippen LogP contribution in [0.3, 0.4) is 0 Å². The fraction of sp³-hybridized carbons (Fsp3) is 0.455. The molecule has 2 aliphatic rings. The van der Waals surface area contributed by atoms with Crippen molar-refractivity contribution >= 4 is 11.8 Å². The van der Waals surface area contributed by atoms with Crippen LogP contribution in [0.15, 0.2) is 46.8 Å². The Kier molecular flexibility index (Phi) is 6.19. The lowest BCUT2D eigenvalue weighted by atomic mass is 9.75. The highest BCUT2D eigenvalue weighted by Gasteiger charge is 2.39. The number of phenolic OH excluding ortho intramolecular Hbond substituents is 1. The molecule has 0 unspecified atom stereocenters. The van der Waals surface area contributed by atoms with Crippen LogP contribution in [-0.4, -0.2) is 36.2 Å². The summed E-state index contributed by atoms with van der Waals surface area (Å²) in [6, 6.07) is 6.64. The number of ketones is 1. The number of Topliss-reactive ketones (excluding diaryl/α,β-unsaturated/α-hetero) is 1. The Hall–Kier alpha value is -2.60. The topological polar surface area (TPSA) is 84.9 Å². The number of hydrogen-bond donors (Lipinski definition) is 2. The maximum absolute atomic E-state index is 12.9. The van der Waals surface area contributed by atoms with E-state index in [2.05, 4.69) is 5.32 Å². The van der Waals surface area contributed by atoms with Gasteiger partial charge in [0.15, 0.2) is 5.78 Å². The molecule has 2 N–H and O–H groups in total. The maximum atomic E-state index is 12.9. The van der Waals surface area contributed by atoms with E-state index in [9.17, 15) is 14.7 Å². The molecule has 0 bridgehead atoms. The number of benzene rings is 1. The molecule has 1 heterocycles. The van der Waals surface area contributed by atoms with Gasteiger partial charge < -0.3 is 19.9 Å². The number of esters is 1. The van der Waals surface area contributed by atoms with Crippen molar-refractivity contribution in [3.63, 3.8) is 0 Å². The molecule has 28 heavy (non-hydrogen) atoms. The van der Waals surface area contributed by atoms with Crippen LogP contribution in [0.4, 0.5) is 0 Å². The molecule has 0 fully saturated rings. The van der Waals surface area contributed by atoms with Gasteiger partial charge in [0, 0.05) is 29.3 Å². The number of hydrogen-bond acceptors (Lipinski definition) is 6. The largest absolute Gasteiger partial charge is 0.508 e. The van der Waals surface area contributed by atoms with Gasteiger partial charge in [0.05, 0.1) is 18.3 Å². The average Bonchev–Trinajstić information content (AvgIpc) is 2.64. The predicted molar refractivity (Wildman–Crippen MR) is 105 cm³/mol. The molecule has 0 radical (unpaired) electrons. The summed E-state index contributed by atoms with van der Waals surface area (Å²) in [5, 5.41) is 12.9. The fourth-order valence-electron chi connectivity index (χ4n) is 3.75. The first-order valence-corrected chi connectivity index (χ1v) is 9.70. The zero-order valence-corrected chi connectivity index (χ0v) is 16.6. The van der Waals surface area contributed by atoms with Gasteiger partial charge in [-0.2, -0.15) is 0 Å². The molecule has 0 saturated carbocycles. The average molecular weight is 385 g/mol. The number of phenols is 1. The zero-order valence-electron chi connectivity index (χ0n) is 16.6. The molecule has 6 nitrogen and oxygen atoms in total. The summed E-state index contributed by atoms with van der Waals surface area (Å²) >= 11 is 0.